The standard InChI is InChI=1S/C41H52FN5O7/c1-28-6-10-36(49)26-39(51)54-40(29(2)7-13-37(28)53-41(52)44(4)17-14-31-8-11-35(48)12-9-31)30(3)22-32-23-33(42)25-34(24-32)45-18-20-46(21-19-45)38(50)27-47-16-5-15-43-47/h5,7-9,11-13,15-16,22-25,28-29,36-37,40,48-49H,6,10,14,17-21,26-27H2,1-4H3/b13-7+,30-22+/t28-,29-,36+,37-,40-/m0/s1. The predicted octanol–water partition coefficient (Wildman–Crippen LogP) is 5.44. The van der Waals surface area contributed by atoms with Crippen molar-refractivity contribution in [2.75, 3.05) is 44.7 Å². The molecule has 0 aliphatic carbocycles. The first kappa shape index (κ1) is 40.0. The number of aromatic hydroxyl groups is 1. The summed E-state index contributed by atoms with van der Waals surface area (Å²) in [5.41, 5.74) is 2.93. The second-order valence-corrected chi connectivity index (χ2v) is 14.5. The number of phenolic OH excluding ortho intramolecular Hbond substituents is 1. The van der Waals surface area contributed by atoms with Crippen molar-refractivity contribution >= 4 is 29.7 Å². The van der Waals surface area contributed by atoms with Crippen LogP contribution in [0.5, 0.6) is 5.75 Å². The van der Waals surface area contributed by atoms with Crippen molar-refractivity contribution in [3.05, 3.63) is 95.6 Å². The Kier molecular flexibility index (Phi) is 13.9. The molecule has 2 N–H and O–H groups in total. The number of aromatic nitrogens is 2. The Labute approximate surface area is 316 Å². The van der Waals surface area contributed by atoms with Gasteiger partial charge in [-0.2, -0.15) is 5.10 Å². The molecule has 0 spiro atoms. The number of phenols is 1. The molecule has 13 heteroatoms. The Hall–Kier alpha value is -5.17. The van der Waals surface area contributed by atoms with E-state index in [4.69, 9.17) is 9.47 Å². The van der Waals surface area contributed by atoms with Crippen molar-refractivity contribution in [2.24, 2.45) is 11.8 Å². The number of nitrogens with zero attached hydrogens (tertiary/aromatic N) is 5. The number of carbonyl (C=O) groups excluding carboxylic acids is 3. The average molecular weight is 746 g/mol. The van der Waals surface area contributed by atoms with E-state index in [1.807, 2.05) is 56.0 Å². The molecule has 1 aromatic heterocycles. The van der Waals surface area contributed by atoms with Crippen molar-refractivity contribution in [3.63, 3.8) is 0 Å². The topological polar surface area (TPSA) is 138 Å². The second-order valence-electron chi connectivity index (χ2n) is 14.5. The summed E-state index contributed by atoms with van der Waals surface area (Å²) >= 11 is 0. The zero-order valence-electron chi connectivity index (χ0n) is 31.5. The lowest BCUT2D eigenvalue weighted by Gasteiger charge is -2.36. The molecular formula is C41H52FN5O7. The lowest BCUT2D eigenvalue weighted by Crippen LogP contribution is -2.49. The summed E-state index contributed by atoms with van der Waals surface area (Å²) in [6.07, 6.45) is 7.36. The maximum Gasteiger partial charge on any atom is 0.410 e. The highest BCUT2D eigenvalue weighted by atomic mass is 19.1. The molecule has 2 aliphatic rings. The van der Waals surface area contributed by atoms with Crippen LogP contribution in [0.25, 0.3) is 6.08 Å². The van der Waals surface area contributed by atoms with Crippen LogP contribution in [0.3, 0.4) is 0 Å². The number of hydrogen-bond acceptors (Lipinski definition) is 9. The Morgan fingerprint density at radius 3 is 2.52 bits per heavy atom. The quantitative estimate of drug-likeness (QED) is 0.217. The number of carbonyl (C=O) groups is 3. The van der Waals surface area contributed by atoms with E-state index in [9.17, 15) is 24.6 Å². The number of halogens is 1. The number of anilines is 1. The molecule has 0 unspecified atom stereocenters. The van der Waals surface area contributed by atoms with Gasteiger partial charge < -0.3 is 34.4 Å². The number of hydrogen-bond donors (Lipinski definition) is 2. The number of amides is 2. The van der Waals surface area contributed by atoms with Gasteiger partial charge in [-0.05, 0) is 91.3 Å². The van der Waals surface area contributed by atoms with Crippen molar-refractivity contribution in [2.45, 2.75) is 71.3 Å². The number of rotatable bonds is 9. The molecule has 290 valence electrons. The van der Waals surface area contributed by atoms with E-state index in [1.165, 1.54) is 17.0 Å². The maximum atomic E-state index is 15.1. The van der Waals surface area contributed by atoms with Gasteiger partial charge in [0.2, 0.25) is 5.91 Å². The number of aliphatic hydroxyl groups is 1. The average Bonchev–Trinajstić information content (AvgIpc) is 3.66. The molecule has 0 radical (unpaired) electrons. The third kappa shape index (κ3) is 11.4. The van der Waals surface area contributed by atoms with E-state index in [0.29, 0.717) is 68.8 Å². The number of benzene rings is 2. The number of likely N-dealkylation sites (N-methyl/N-ethyl adjacent to an activating group) is 1. The summed E-state index contributed by atoms with van der Waals surface area (Å²) in [6, 6.07) is 13.4. The normalized spacial score (nSPS) is 23.5. The summed E-state index contributed by atoms with van der Waals surface area (Å²) in [6.45, 7) is 8.33. The van der Waals surface area contributed by atoms with Gasteiger partial charge >= 0.3 is 12.1 Å². The van der Waals surface area contributed by atoms with E-state index >= 15 is 4.39 Å². The third-order valence-electron chi connectivity index (χ3n) is 10.1. The fraction of sp³-hybridized carbons (Fsp3) is 0.463. The minimum absolute atomic E-state index is 0.0210. The highest BCUT2D eigenvalue weighted by Gasteiger charge is 2.28. The summed E-state index contributed by atoms with van der Waals surface area (Å²) < 4.78 is 28.6. The largest absolute Gasteiger partial charge is 0.508 e. The molecule has 3 aromatic rings. The minimum atomic E-state index is -0.931. The van der Waals surface area contributed by atoms with Crippen LogP contribution >= 0.6 is 0 Å². The lowest BCUT2D eigenvalue weighted by atomic mass is 9.91. The molecule has 2 aliphatic heterocycles. The Balaban J connectivity index is 1.27. The number of ether oxygens (including phenoxy) is 2. The van der Waals surface area contributed by atoms with Gasteiger partial charge in [0.1, 0.15) is 30.3 Å². The van der Waals surface area contributed by atoms with Crippen LogP contribution in [0.4, 0.5) is 14.9 Å². The molecule has 0 bridgehead atoms. The van der Waals surface area contributed by atoms with Crippen molar-refractivity contribution in [1.29, 1.82) is 0 Å². The number of esters is 1. The first-order chi connectivity index (χ1) is 25.8. The van der Waals surface area contributed by atoms with E-state index in [0.717, 1.165) is 5.56 Å². The molecule has 1 fully saturated rings. The highest BCUT2D eigenvalue weighted by molar-refractivity contribution is 5.76. The van der Waals surface area contributed by atoms with Gasteiger partial charge in [0.15, 0.2) is 0 Å². The van der Waals surface area contributed by atoms with E-state index in [2.05, 4.69) is 5.10 Å². The first-order valence-electron chi connectivity index (χ1n) is 18.6. The van der Waals surface area contributed by atoms with Crippen molar-refractivity contribution in [1.82, 2.24) is 19.6 Å². The van der Waals surface area contributed by atoms with Gasteiger partial charge in [-0.1, -0.05) is 38.1 Å². The summed E-state index contributed by atoms with van der Waals surface area (Å²) in [5, 5.41) is 24.4. The highest BCUT2D eigenvalue weighted by Crippen LogP contribution is 2.28. The van der Waals surface area contributed by atoms with Crippen LogP contribution < -0.4 is 4.90 Å². The molecule has 5 atom stereocenters. The fourth-order valence-corrected chi connectivity index (χ4v) is 6.76. The predicted molar refractivity (Wildman–Crippen MR) is 203 cm³/mol. The zero-order chi connectivity index (χ0) is 38.8. The molecular weight excluding hydrogens is 693 g/mol. The van der Waals surface area contributed by atoms with Gasteiger partial charge in [-0.15, -0.1) is 0 Å². The maximum absolute atomic E-state index is 15.1. The van der Waals surface area contributed by atoms with Gasteiger partial charge in [-0.25, -0.2) is 9.18 Å². The first-order valence-corrected chi connectivity index (χ1v) is 18.6. The van der Waals surface area contributed by atoms with E-state index in [1.54, 1.807) is 53.3 Å². The summed E-state index contributed by atoms with van der Waals surface area (Å²) in [7, 11) is 1.67. The molecule has 5 rings (SSSR count). The van der Waals surface area contributed by atoms with Gasteiger partial charge in [0, 0.05) is 63.8 Å². The monoisotopic (exact) mass is 745 g/mol. The minimum Gasteiger partial charge on any atom is -0.508 e. The van der Waals surface area contributed by atoms with Crippen LogP contribution in [0.15, 0.2) is 78.6 Å². The van der Waals surface area contributed by atoms with Gasteiger partial charge in [0.05, 0.1) is 12.5 Å². The SMILES string of the molecule is C/C(=C\c1cc(F)cc(N2CCN(C(=O)Cn3cccn3)CC2)c1)[C@H]1OC(=O)C[C@H](O)CC[C@H](C)[C@@H](OC(=O)N(C)CCc2ccc(O)cc2)/C=C/[C@@H]1C. The third-order valence-corrected chi connectivity index (χ3v) is 10.1. The smallest absolute Gasteiger partial charge is 0.410 e. The van der Waals surface area contributed by atoms with Crippen molar-refractivity contribution in [3.8, 4) is 5.75 Å². The molecule has 2 amide bonds. The number of piperazine rings is 1. The lowest BCUT2D eigenvalue weighted by molar-refractivity contribution is -0.151. The molecule has 0 saturated carbocycles. The molecule has 1 saturated heterocycles. The molecule has 2 aromatic carbocycles. The van der Waals surface area contributed by atoms with E-state index < -0.39 is 36.2 Å². The van der Waals surface area contributed by atoms with E-state index in [-0.39, 0.29) is 36.5 Å². The number of cyclic esters (lactones) is 1. The zero-order valence-corrected chi connectivity index (χ0v) is 31.5. The molecule has 3 heterocycles. The fourth-order valence-electron chi connectivity index (χ4n) is 6.76. The van der Waals surface area contributed by atoms with Crippen LogP contribution in [0.2, 0.25) is 0 Å². The number of aliphatic hydroxyl groups excluding tert-OH is 1. The molecule has 54 heavy (non-hydrogen) atoms. The van der Waals surface area contributed by atoms with Crippen LogP contribution in [-0.4, -0.2) is 106 Å². The summed E-state index contributed by atoms with van der Waals surface area (Å²) in [4.78, 5) is 44.3. The van der Waals surface area contributed by atoms with Crippen LogP contribution in [-0.2, 0) is 32.0 Å². The van der Waals surface area contributed by atoms with Crippen LogP contribution in [0.1, 0.15) is 51.2 Å². The van der Waals surface area contributed by atoms with Crippen LogP contribution in [0, 0.1) is 17.7 Å². The Bertz CT molecular complexity index is 1770. The Morgan fingerprint density at radius 2 is 1.81 bits per heavy atom. The second kappa shape index (κ2) is 18.7. The summed E-state index contributed by atoms with van der Waals surface area (Å²) in [5.74, 6) is -1.30. The van der Waals surface area contributed by atoms with Crippen molar-refractivity contribution < 1.29 is 38.5 Å². The Morgan fingerprint density at radius 1 is 1.07 bits per heavy atom. The van der Waals surface area contributed by atoms with Gasteiger partial charge in [0.25, 0.3) is 0 Å². The van der Waals surface area contributed by atoms with Gasteiger partial charge in [-0.3, -0.25) is 14.3 Å². The molecule has 12 nitrogen and oxygen atoms in total.